The largest absolute Gasteiger partial charge is 0.275 e. The summed E-state index contributed by atoms with van der Waals surface area (Å²) in [5, 5.41) is 5.18. The molecule has 0 atom stereocenters. The van der Waals surface area contributed by atoms with Gasteiger partial charge in [0.15, 0.2) is 5.65 Å². The number of pyridine rings is 1. The Morgan fingerprint density at radius 3 is 1.84 bits per heavy atom. The Balaban J connectivity index is 1.44. The Labute approximate surface area is 295 Å². The highest BCUT2D eigenvalue weighted by Gasteiger charge is 2.37. The van der Waals surface area contributed by atoms with E-state index in [9.17, 15) is 0 Å². The number of nitrogens with zero attached hydrogens (tertiary/aromatic N) is 3. The molecule has 0 N–H and O–H groups in total. The first kappa shape index (κ1) is 30.5. The summed E-state index contributed by atoms with van der Waals surface area (Å²) >= 11 is 0. The molecule has 0 amide bonds. The first-order valence-corrected chi connectivity index (χ1v) is 20.5. The first-order chi connectivity index (χ1) is 24.2. The van der Waals surface area contributed by atoms with Gasteiger partial charge in [-0.1, -0.05) is 155 Å². The molecule has 0 radical (unpaired) electrons. The van der Waals surface area contributed by atoms with Gasteiger partial charge in [-0.05, 0) is 61.8 Å². The van der Waals surface area contributed by atoms with Crippen LogP contribution in [-0.4, -0.2) is 22.6 Å². The second kappa shape index (κ2) is 11.2. The minimum Gasteiger partial charge on any atom is -0.275 e. The minimum absolute atomic E-state index is 0.0655. The van der Waals surface area contributed by atoms with E-state index < -0.39 is 8.07 Å². The molecule has 2 aromatic heterocycles. The lowest BCUT2D eigenvalue weighted by Crippen LogP contribution is -2.49. The third-order valence-electron chi connectivity index (χ3n) is 10.6. The van der Waals surface area contributed by atoms with Crippen LogP contribution >= 0.6 is 0 Å². The van der Waals surface area contributed by atoms with Gasteiger partial charge in [0.2, 0.25) is 0 Å². The third kappa shape index (κ3) is 4.70. The zero-order valence-electron chi connectivity index (χ0n) is 29.2. The molecule has 4 heteroatoms. The van der Waals surface area contributed by atoms with E-state index in [-0.39, 0.29) is 5.41 Å². The molecule has 0 spiro atoms. The van der Waals surface area contributed by atoms with Crippen molar-refractivity contribution in [1.82, 2.24) is 14.5 Å². The van der Waals surface area contributed by atoms with Crippen LogP contribution in [0.25, 0.3) is 72.4 Å². The van der Waals surface area contributed by atoms with Gasteiger partial charge in [0.1, 0.15) is 19.4 Å². The Morgan fingerprint density at radius 1 is 0.560 bits per heavy atom. The molecule has 0 bridgehead atoms. The Bertz CT molecular complexity index is 2530. The van der Waals surface area contributed by atoms with Crippen LogP contribution in [0, 0.1) is 0 Å². The van der Waals surface area contributed by atoms with Crippen molar-refractivity contribution in [2.24, 2.45) is 0 Å². The zero-order chi connectivity index (χ0) is 34.2. The maximum Gasteiger partial charge on any atom is 0.165 e. The second-order valence-corrected chi connectivity index (χ2v) is 19.4. The molecule has 0 saturated carbocycles. The third-order valence-corrected chi connectivity index (χ3v) is 14.2. The summed E-state index contributed by atoms with van der Waals surface area (Å²) < 4.78 is 2.35. The molecule has 0 saturated heterocycles. The standard InChI is InChI=1S/C46H39N3Si/c1-46(2,3)34-27-37(30-16-8-6-9-17-30)43(38(28-34)31-18-10-7-11-19-31)49-44(48-42-35-21-13-12-20-33(35)29-47-45(42)49)32-24-25-41-39(26-32)36-22-14-15-23-40(36)50(41,4)5/h6-29H,1-5H3. The zero-order valence-corrected chi connectivity index (χ0v) is 30.2. The fourth-order valence-electron chi connectivity index (χ4n) is 7.92. The maximum atomic E-state index is 5.56. The van der Waals surface area contributed by atoms with E-state index in [1.165, 1.54) is 27.1 Å². The number of rotatable bonds is 4. The molecule has 6 aromatic carbocycles. The van der Waals surface area contributed by atoms with Crippen molar-refractivity contribution in [3.8, 4) is 50.5 Å². The van der Waals surface area contributed by atoms with Gasteiger partial charge in [-0.2, -0.15) is 0 Å². The molecular weight excluding hydrogens is 623 g/mol. The van der Waals surface area contributed by atoms with Crippen LogP contribution in [0.4, 0.5) is 0 Å². The number of aromatic nitrogens is 3. The van der Waals surface area contributed by atoms with Crippen LogP contribution in [0.5, 0.6) is 0 Å². The molecule has 8 aromatic rings. The Kier molecular flexibility index (Phi) is 6.84. The minimum atomic E-state index is -1.82. The van der Waals surface area contributed by atoms with Crippen molar-refractivity contribution < 1.29 is 0 Å². The van der Waals surface area contributed by atoms with Gasteiger partial charge in [0.25, 0.3) is 0 Å². The summed E-state index contributed by atoms with van der Waals surface area (Å²) in [6, 6.07) is 50.9. The van der Waals surface area contributed by atoms with E-state index in [4.69, 9.17) is 9.97 Å². The van der Waals surface area contributed by atoms with Gasteiger partial charge in [0.05, 0.1) is 5.69 Å². The van der Waals surface area contributed by atoms with Gasteiger partial charge in [-0.15, -0.1) is 0 Å². The van der Waals surface area contributed by atoms with Crippen LogP contribution in [-0.2, 0) is 5.41 Å². The first-order valence-electron chi connectivity index (χ1n) is 17.5. The van der Waals surface area contributed by atoms with Gasteiger partial charge < -0.3 is 0 Å². The second-order valence-electron chi connectivity index (χ2n) is 15.1. The van der Waals surface area contributed by atoms with Crippen LogP contribution in [0.1, 0.15) is 26.3 Å². The number of benzene rings is 6. The van der Waals surface area contributed by atoms with Crippen LogP contribution < -0.4 is 10.4 Å². The molecular formula is C46H39N3Si. The highest BCUT2D eigenvalue weighted by atomic mass is 28.3. The molecule has 0 aliphatic carbocycles. The van der Waals surface area contributed by atoms with Crippen LogP contribution in [0.3, 0.4) is 0 Å². The molecule has 242 valence electrons. The van der Waals surface area contributed by atoms with Crippen molar-refractivity contribution >= 4 is 40.4 Å². The number of fused-ring (bicyclic) bond motifs is 6. The normalized spacial score (nSPS) is 13.5. The van der Waals surface area contributed by atoms with Crippen molar-refractivity contribution in [2.75, 3.05) is 0 Å². The van der Waals surface area contributed by atoms with Crippen LogP contribution in [0.15, 0.2) is 146 Å². The lowest BCUT2D eigenvalue weighted by Gasteiger charge is -2.26. The smallest absolute Gasteiger partial charge is 0.165 e. The predicted molar refractivity (Wildman–Crippen MR) is 214 cm³/mol. The molecule has 1 aliphatic heterocycles. The molecule has 1 aliphatic rings. The molecule has 3 heterocycles. The number of hydrogen-bond acceptors (Lipinski definition) is 2. The molecule has 0 fully saturated rings. The van der Waals surface area contributed by atoms with Crippen LogP contribution in [0.2, 0.25) is 13.1 Å². The van der Waals surface area contributed by atoms with E-state index in [2.05, 4.69) is 178 Å². The van der Waals surface area contributed by atoms with Gasteiger partial charge >= 0.3 is 0 Å². The van der Waals surface area contributed by atoms with Crippen molar-refractivity contribution in [3.63, 3.8) is 0 Å². The highest BCUT2D eigenvalue weighted by Crippen LogP contribution is 2.44. The van der Waals surface area contributed by atoms with Gasteiger partial charge in [-0.25, -0.2) is 9.97 Å². The average Bonchev–Trinajstić information content (AvgIpc) is 3.64. The van der Waals surface area contributed by atoms with Gasteiger partial charge in [-0.3, -0.25) is 4.57 Å². The van der Waals surface area contributed by atoms with E-state index >= 15 is 0 Å². The summed E-state index contributed by atoms with van der Waals surface area (Å²) in [6.07, 6.45) is 2.00. The lowest BCUT2D eigenvalue weighted by molar-refractivity contribution is 0.590. The summed E-state index contributed by atoms with van der Waals surface area (Å²) in [4.78, 5) is 10.8. The molecule has 3 nitrogen and oxygen atoms in total. The summed E-state index contributed by atoms with van der Waals surface area (Å²) in [5.41, 5.74) is 12.5. The predicted octanol–water partition coefficient (Wildman–Crippen LogP) is 10.7. The monoisotopic (exact) mass is 661 g/mol. The summed E-state index contributed by atoms with van der Waals surface area (Å²) in [5.74, 6) is 0.897. The SMILES string of the molecule is CC(C)(C)c1cc(-c2ccccc2)c(-n2c(-c3ccc4c(c3)-c3ccccc3[Si]4(C)C)nc3c4ccccc4cnc32)c(-c2ccccc2)c1. The van der Waals surface area contributed by atoms with Gasteiger partial charge in [0, 0.05) is 33.7 Å². The van der Waals surface area contributed by atoms with E-state index in [1.807, 2.05) is 6.20 Å². The number of hydrogen-bond donors (Lipinski definition) is 0. The van der Waals surface area contributed by atoms with E-state index in [0.29, 0.717) is 0 Å². The molecule has 0 unspecified atom stereocenters. The van der Waals surface area contributed by atoms with E-state index in [0.717, 1.165) is 61.3 Å². The Morgan fingerprint density at radius 2 is 1.16 bits per heavy atom. The number of imidazole rings is 1. The fraction of sp³-hybridized carbons (Fsp3) is 0.130. The summed E-state index contributed by atoms with van der Waals surface area (Å²) in [7, 11) is -1.82. The molecule has 9 rings (SSSR count). The maximum absolute atomic E-state index is 5.56. The van der Waals surface area contributed by atoms with Crippen molar-refractivity contribution in [2.45, 2.75) is 39.3 Å². The highest BCUT2D eigenvalue weighted by molar-refractivity contribution is 7.03. The summed E-state index contributed by atoms with van der Waals surface area (Å²) in [6.45, 7) is 11.8. The van der Waals surface area contributed by atoms with Crippen molar-refractivity contribution in [3.05, 3.63) is 151 Å². The Hall–Kier alpha value is -5.58. The molecule has 50 heavy (non-hydrogen) atoms. The van der Waals surface area contributed by atoms with Crippen molar-refractivity contribution in [1.29, 1.82) is 0 Å². The fourth-order valence-corrected chi connectivity index (χ4v) is 11.0. The quantitative estimate of drug-likeness (QED) is 0.176. The van der Waals surface area contributed by atoms with E-state index in [1.54, 1.807) is 0 Å². The topological polar surface area (TPSA) is 30.7 Å². The average molecular weight is 662 g/mol. The lowest BCUT2D eigenvalue weighted by atomic mass is 9.82.